The number of amides is 1. The van der Waals surface area contributed by atoms with Gasteiger partial charge in [0.1, 0.15) is 11.7 Å². The Morgan fingerprint density at radius 3 is 2.62 bits per heavy atom. The largest absolute Gasteiger partial charge is 0.483 e. The topological polar surface area (TPSA) is 98.5 Å². The molecule has 5 atom stereocenters. The summed E-state index contributed by atoms with van der Waals surface area (Å²) in [5.74, 6) is -0.0420. The highest BCUT2D eigenvalue weighted by atomic mass is 16.6. The molecular weight excluding hydrogens is 572 g/mol. The first-order valence-electron chi connectivity index (χ1n) is 15.7. The summed E-state index contributed by atoms with van der Waals surface area (Å²) in [7, 11) is 1.80. The van der Waals surface area contributed by atoms with Crippen molar-refractivity contribution in [1.82, 2.24) is 9.80 Å². The highest BCUT2D eigenvalue weighted by molar-refractivity contribution is 5.92. The number of hydrogen-bond acceptors (Lipinski definition) is 8. The lowest BCUT2D eigenvalue weighted by molar-refractivity contribution is -0.223. The Morgan fingerprint density at radius 2 is 1.89 bits per heavy atom. The lowest BCUT2D eigenvalue weighted by Crippen LogP contribution is -2.79. The van der Waals surface area contributed by atoms with Gasteiger partial charge < -0.3 is 23.5 Å². The molecule has 9 heteroatoms. The summed E-state index contributed by atoms with van der Waals surface area (Å²) >= 11 is 0. The molecule has 0 N–H and O–H groups in total. The second kappa shape index (κ2) is 11.2. The normalized spacial score (nSPS) is 27.8. The van der Waals surface area contributed by atoms with Crippen molar-refractivity contribution in [3.63, 3.8) is 0 Å². The fraction of sp³-hybridized carbons (Fsp3) is 0.417. The number of hydrogen-bond donors (Lipinski definition) is 0. The van der Waals surface area contributed by atoms with E-state index in [1.807, 2.05) is 18.2 Å². The molecule has 3 heterocycles. The molecule has 2 bridgehead atoms. The average Bonchev–Trinajstić information content (AvgIpc) is 3.66. The first-order chi connectivity index (χ1) is 21.7. The maximum atomic E-state index is 13.6. The molecule has 45 heavy (non-hydrogen) atoms. The van der Waals surface area contributed by atoms with Gasteiger partial charge in [0.2, 0.25) is 5.91 Å². The van der Waals surface area contributed by atoms with E-state index in [0.29, 0.717) is 37.2 Å². The minimum atomic E-state index is -0.876. The van der Waals surface area contributed by atoms with E-state index in [2.05, 4.69) is 29.2 Å². The Balaban J connectivity index is 1.32. The third-order valence-corrected chi connectivity index (χ3v) is 10.4. The number of likely N-dealkylation sites (N-methyl/N-ethyl adjacent to an activating group) is 1. The number of esters is 2. The van der Waals surface area contributed by atoms with E-state index >= 15 is 0 Å². The van der Waals surface area contributed by atoms with Crippen LogP contribution < -0.4 is 9.47 Å². The quantitative estimate of drug-likeness (QED) is 0.206. The summed E-state index contributed by atoms with van der Waals surface area (Å²) < 4.78 is 24.3. The predicted octanol–water partition coefficient (Wildman–Crippen LogP) is 4.71. The zero-order valence-corrected chi connectivity index (χ0v) is 25.9. The Morgan fingerprint density at radius 1 is 1.07 bits per heavy atom. The zero-order valence-electron chi connectivity index (χ0n) is 25.9. The smallest absolute Gasteiger partial charge is 0.308 e. The minimum Gasteiger partial charge on any atom is -0.483 e. The maximum Gasteiger partial charge on any atom is 0.308 e. The molecule has 1 saturated carbocycles. The number of benzene rings is 2. The summed E-state index contributed by atoms with van der Waals surface area (Å²) in [6.45, 7) is 4.46. The second-order valence-corrected chi connectivity index (χ2v) is 12.7. The molecule has 1 spiro atoms. The van der Waals surface area contributed by atoms with E-state index in [0.717, 1.165) is 36.2 Å². The van der Waals surface area contributed by atoms with Gasteiger partial charge in [0.05, 0.1) is 30.0 Å². The molecule has 2 aliphatic carbocycles. The van der Waals surface area contributed by atoms with Gasteiger partial charge in [0.15, 0.2) is 11.5 Å². The summed E-state index contributed by atoms with van der Waals surface area (Å²) in [4.78, 5) is 43.0. The van der Waals surface area contributed by atoms with E-state index in [9.17, 15) is 14.4 Å². The van der Waals surface area contributed by atoms with E-state index in [1.165, 1.54) is 19.4 Å². The second-order valence-electron chi connectivity index (χ2n) is 12.7. The van der Waals surface area contributed by atoms with Gasteiger partial charge in [-0.25, -0.2) is 0 Å². The number of rotatable bonds is 8. The monoisotopic (exact) mass is 610 g/mol. The first kappa shape index (κ1) is 29.3. The number of likely N-dealkylation sites (tertiary alicyclic amines) is 1. The van der Waals surface area contributed by atoms with Crippen molar-refractivity contribution < 1.29 is 33.0 Å². The standard InChI is InChI=1S/C36H38N2O7/c1-23(39)43-29-11-10-27-21-30-36(45-24(2)40)16-13-28(37(3)31(41)12-9-26-15-20-42-22-26)34-35(36,32(27)33(29)44-34)17-19-38(30)18-14-25-7-5-4-6-8-25/h4-12,15,20,22,28,30,34H,13-14,16-19,21H2,1-3H3/b12-9+/t28-,30+,34-,35-,36+/m0/s1. The Labute approximate surface area is 262 Å². The number of piperidine rings is 1. The van der Waals surface area contributed by atoms with Crippen molar-refractivity contribution in [2.45, 2.75) is 75.2 Å². The van der Waals surface area contributed by atoms with Crippen molar-refractivity contribution in [2.75, 3.05) is 20.1 Å². The molecule has 234 valence electrons. The number of carbonyl (C=O) groups is 3. The molecule has 1 aromatic heterocycles. The van der Waals surface area contributed by atoms with Gasteiger partial charge in [0, 0.05) is 44.6 Å². The highest BCUT2D eigenvalue weighted by Gasteiger charge is 2.75. The van der Waals surface area contributed by atoms with Crippen molar-refractivity contribution in [3.05, 3.63) is 89.4 Å². The molecule has 2 aromatic carbocycles. The number of nitrogens with zero attached hydrogens (tertiary/aromatic N) is 2. The molecular formula is C36H38N2O7. The fourth-order valence-electron chi connectivity index (χ4n) is 8.66. The molecule has 4 aliphatic rings. The zero-order chi connectivity index (χ0) is 31.3. The summed E-state index contributed by atoms with van der Waals surface area (Å²) in [5.41, 5.74) is 2.53. The van der Waals surface area contributed by atoms with Gasteiger partial charge in [-0.2, -0.15) is 0 Å². The summed E-state index contributed by atoms with van der Waals surface area (Å²) in [6.07, 6.45) is 9.30. The predicted molar refractivity (Wildman–Crippen MR) is 166 cm³/mol. The molecule has 2 fully saturated rings. The van der Waals surface area contributed by atoms with Gasteiger partial charge in [-0.3, -0.25) is 19.3 Å². The Kier molecular flexibility index (Phi) is 7.31. The third-order valence-electron chi connectivity index (χ3n) is 10.4. The molecule has 0 radical (unpaired) electrons. The van der Waals surface area contributed by atoms with Crippen molar-refractivity contribution in [2.24, 2.45) is 0 Å². The van der Waals surface area contributed by atoms with Crippen LogP contribution in [0, 0.1) is 0 Å². The van der Waals surface area contributed by atoms with E-state index in [-0.39, 0.29) is 24.0 Å². The summed E-state index contributed by atoms with van der Waals surface area (Å²) in [6, 6.07) is 15.7. The lowest BCUT2D eigenvalue weighted by atomic mass is 9.48. The van der Waals surface area contributed by atoms with Gasteiger partial charge in [-0.05, 0) is 68.0 Å². The van der Waals surface area contributed by atoms with Crippen LogP contribution in [-0.2, 0) is 37.4 Å². The van der Waals surface area contributed by atoms with E-state index in [1.54, 1.807) is 42.7 Å². The number of ether oxygens (including phenoxy) is 3. The van der Waals surface area contributed by atoms with Gasteiger partial charge in [-0.15, -0.1) is 0 Å². The van der Waals surface area contributed by atoms with Crippen molar-refractivity contribution >= 4 is 23.9 Å². The highest BCUT2D eigenvalue weighted by Crippen LogP contribution is 2.67. The van der Waals surface area contributed by atoms with Crippen LogP contribution in [0.5, 0.6) is 11.5 Å². The van der Waals surface area contributed by atoms with Crippen LogP contribution in [0.15, 0.2) is 71.6 Å². The van der Waals surface area contributed by atoms with Crippen LogP contribution in [0.2, 0.25) is 0 Å². The molecule has 7 rings (SSSR count). The van der Waals surface area contributed by atoms with Crippen LogP contribution in [0.1, 0.15) is 55.4 Å². The van der Waals surface area contributed by atoms with Crippen LogP contribution in [-0.4, -0.2) is 71.6 Å². The number of furan rings is 1. The fourth-order valence-corrected chi connectivity index (χ4v) is 8.66. The third kappa shape index (κ3) is 4.67. The minimum absolute atomic E-state index is 0.0778. The van der Waals surface area contributed by atoms with E-state index < -0.39 is 23.1 Å². The van der Waals surface area contributed by atoms with Gasteiger partial charge in [0.25, 0.3) is 0 Å². The molecule has 1 saturated heterocycles. The first-order valence-corrected chi connectivity index (χ1v) is 15.7. The van der Waals surface area contributed by atoms with Crippen LogP contribution in [0.4, 0.5) is 0 Å². The SMILES string of the molecule is CC(=O)Oc1ccc2c3c1O[C@H]1[C@@H](N(C)C(=O)/C=C/c4ccoc4)CC[C@@]4(OC(C)=O)[C@@H](C2)N(CCc2ccccc2)CC[C@]314. The molecule has 2 aliphatic heterocycles. The van der Waals surface area contributed by atoms with E-state index in [4.69, 9.17) is 18.6 Å². The Bertz CT molecular complexity index is 1650. The average molecular weight is 611 g/mol. The lowest BCUT2D eigenvalue weighted by Gasteiger charge is -2.65. The van der Waals surface area contributed by atoms with Crippen molar-refractivity contribution in [1.29, 1.82) is 0 Å². The van der Waals surface area contributed by atoms with Crippen LogP contribution >= 0.6 is 0 Å². The summed E-state index contributed by atoms with van der Waals surface area (Å²) in [5, 5.41) is 0. The molecule has 3 aromatic rings. The molecule has 1 amide bonds. The van der Waals surface area contributed by atoms with Crippen LogP contribution in [0.25, 0.3) is 6.08 Å². The molecule has 0 unspecified atom stereocenters. The van der Waals surface area contributed by atoms with Gasteiger partial charge >= 0.3 is 11.9 Å². The van der Waals surface area contributed by atoms with Crippen LogP contribution in [0.3, 0.4) is 0 Å². The van der Waals surface area contributed by atoms with Gasteiger partial charge in [-0.1, -0.05) is 36.4 Å². The number of carbonyl (C=O) groups excluding carboxylic acids is 3. The molecule has 9 nitrogen and oxygen atoms in total. The van der Waals surface area contributed by atoms with Crippen molar-refractivity contribution in [3.8, 4) is 11.5 Å². The Hall–Kier alpha value is -4.37. The maximum absolute atomic E-state index is 13.6.